The molecule has 8 N–H and O–H groups in total. The number of hydrogen-bond donors (Lipinski definition) is 7. The number of aromatic nitrogens is 2. The average molecular weight is 855 g/mol. The number of benzene rings is 2. The summed E-state index contributed by atoms with van der Waals surface area (Å²) in [6.45, 7) is 7.00. The van der Waals surface area contributed by atoms with Gasteiger partial charge in [0.15, 0.2) is 5.60 Å². The number of anilines is 1. The van der Waals surface area contributed by atoms with E-state index in [0.29, 0.717) is 69.5 Å². The minimum atomic E-state index is -2.02. The number of fused-ring (bicyclic) bond motifs is 5. The Morgan fingerprint density at radius 1 is 1.10 bits per heavy atom. The number of rotatable bonds is 14. The summed E-state index contributed by atoms with van der Waals surface area (Å²) in [7, 11) is 1.67. The van der Waals surface area contributed by atoms with E-state index >= 15 is 4.39 Å². The third kappa shape index (κ3) is 8.19. The Morgan fingerprint density at radius 2 is 1.84 bits per heavy atom. The Morgan fingerprint density at radius 3 is 2.52 bits per heavy atom. The zero-order chi connectivity index (χ0) is 44.6. The number of hydrogen-bond acceptors (Lipinski definition) is 11. The summed E-state index contributed by atoms with van der Waals surface area (Å²) < 4.78 is 27.7. The highest BCUT2D eigenvalue weighted by atomic mass is 19.1. The Kier molecular flexibility index (Phi) is 12.3. The number of primary amides is 1. The van der Waals surface area contributed by atoms with Gasteiger partial charge in [-0.15, -0.1) is 0 Å². The fraction of sp³-hybridized carbons (Fsp3) is 0.432. The SMILES string of the molecule is CC[C@@]1(O)C(=O)OCc2c1cc1n(c2=O)Cc2c-1nc1cc(F)c(C)c3c1c2[C@@H](NC(=O)OCc1ccc(NC(=O)[C@H](CCCNC(N)=O)NC(=O)[C@@H](NC)C(C)C)cc1)CC3. The summed E-state index contributed by atoms with van der Waals surface area (Å²) in [5, 5.41) is 26.1. The van der Waals surface area contributed by atoms with Crippen molar-refractivity contribution in [3.05, 3.63) is 91.5 Å². The first-order chi connectivity index (χ1) is 29.6. The van der Waals surface area contributed by atoms with Crippen molar-refractivity contribution in [3.8, 4) is 11.4 Å². The summed E-state index contributed by atoms with van der Waals surface area (Å²) in [6.07, 6.45) is 0.723. The van der Waals surface area contributed by atoms with Crippen LogP contribution in [0.1, 0.15) is 91.4 Å². The number of amides is 5. The fourth-order valence-corrected chi connectivity index (χ4v) is 8.76. The highest BCUT2D eigenvalue weighted by molar-refractivity contribution is 5.98. The molecule has 4 atom stereocenters. The van der Waals surface area contributed by atoms with Gasteiger partial charge in [-0.2, -0.15) is 0 Å². The van der Waals surface area contributed by atoms with Gasteiger partial charge in [-0.25, -0.2) is 23.8 Å². The third-order valence-electron chi connectivity index (χ3n) is 12.1. The van der Waals surface area contributed by atoms with Crippen LogP contribution < -0.4 is 37.9 Å². The quantitative estimate of drug-likeness (QED) is 0.0629. The Hall–Kier alpha value is -6.40. The maximum Gasteiger partial charge on any atom is 0.407 e. The fourth-order valence-electron chi connectivity index (χ4n) is 8.76. The molecule has 0 fully saturated rings. The van der Waals surface area contributed by atoms with E-state index in [1.807, 2.05) is 13.8 Å². The lowest BCUT2D eigenvalue weighted by molar-refractivity contribution is -0.172. The molecule has 2 aromatic carbocycles. The molecule has 328 valence electrons. The number of carbonyl (C=O) groups excluding carboxylic acids is 5. The summed E-state index contributed by atoms with van der Waals surface area (Å²) in [5.74, 6) is -2.11. The molecule has 18 heteroatoms. The molecule has 0 saturated carbocycles. The number of likely N-dealkylation sites (N-methyl/N-ethyl adjacent to an activating group) is 1. The lowest BCUT2D eigenvalue weighted by Gasteiger charge is -2.31. The van der Waals surface area contributed by atoms with Crippen LogP contribution in [0.3, 0.4) is 0 Å². The first-order valence-corrected chi connectivity index (χ1v) is 20.7. The predicted octanol–water partition coefficient (Wildman–Crippen LogP) is 3.56. The molecular formula is C44H51FN8O9. The smallest absolute Gasteiger partial charge is 0.407 e. The van der Waals surface area contributed by atoms with Crippen molar-refractivity contribution in [3.63, 3.8) is 0 Å². The van der Waals surface area contributed by atoms with Gasteiger partial charge in [0.05, 0.1) is 41.1 Å². The van der Waals surface area contributed by atoms with Gasteiger partial charge in [-0.1, -0.05) is 32.9 Å². The molecule has 0 bridgehead atoms. The number of nitrogens with one attached hydrogen (secondary N) is 5. The van der Waals surface area contributed by atoms with Crippen molar-refractivity contribution in [2.45, 2.75) is 103 Å². The molecule has 2 aliphatic heterocycles. The highest BCUT2D eigenvalue weighted by Crippen LogP contribution is 2.46. The number of alkyl carbamates (subject to hydrolysis) is 1. The van der Waals surface area contributed by atoms with Crippen LogP contribution in [0.15, 0.2) is 41.2 Å². The van der Waals surface area contributed by atoms with Crippen molar-refractivity contribution >= 4 is 46.5 Å². The van der Waals surface area contributed by atoms with Crippen LogP contribution in [0.2, 0.25) is 0 Å². The van der Waals surface area contributed by atoms with Gasteiger partial charge in [0, 0.05) is 34.8 Å². The monoisotopic (exact) mass is 854 g/mol. The van der Waals surface area contributed by atoms with Crippen LogP contribution in [-0.2, 0) is 55.6 Å². The third-order valence-corrected chi connectivity index (χ3v) is 12.1. The summed E-state index contributed by atoms with van der Waals surface area (Å²) in [4.78, 5) is 82.5. The number of esters is 1. The molecule has 4 heterocycles. The number of carbonyl (C=O) groups is 5. The van der Waals surface area contributed by atoms with Crippen LogP contribution in [0, 0.1) is 18.7 Å². The van der Waals surface area contributed by atoms with Crippen LogP contribution in [0.4, 0.5) is 19.7 Å². The van der Waals surface area contributed by atoms with Gasteiger partial charge in [-0.05, 0) is 92.4 Å². The van der Waals surface area contributed by atoms with Crippen molar-refractivity contribution in [2.75, 3.05) is 18.9 Å². The lowest BCUT2D eigenvalue weighted by Crippen LogP contribution is -2.52. The summed E-state index contributed by atoms with van der Waals surface area (Å²) in [5.41, 5.74) is 7.77. The molecule has 17 nitrogen and oxygen atoms in total. The topological polar surface area (TPSA) is 245 Å². The van der Waals surface area contributed by atoms with Crippen LogP contribution in [0.25, 0.3) is 22.3 Å². The van der Waals surface area contributed by atoms with E-state index in [1.54, 1.807) is 51.2 Å². The largest absolute Gasteiger partial charge is 0.458 e. The van der Waals surface area contributed by atoms with Crippen molar-refractivity contribution in [1.82, 2.24) is 30.8 Å². The number of urea groups is 1. The molecule has 0 spiro atoms. The van der Waals surface area contributed by atoms with E-state index in [9.17, 15) is 33.9 Å². The predicted molar refractivity (Wildman–Crippen MR) is 225 cm³/mol. The number of halogens is 1. The van der Waals surface area contributed by atoms with Gasteiger partial charge in [0.2, 0.25) is 11.8 Å². The van der Waals surface area contributed by atoms with E-state index in [-0.39, 0.29) is 62.1 Å². The summed E-state index contributed by atoms with van der Waals surface area (Å²) >= 11 is 0. The number of pyridine rings is 2. The number of nitrogens with two attached hydrogens (primary N) is 1. The lowest BCUT2D eigenvalue weighted by atomic mass is 9.81. The normalized spacial score (nSPS) is 18.2. The molecule has 0 saturated heterocycles. The second-order valence-corrected chi connectivity index (χ2v) is 16.3. The second-order valence-electron chi connectivity index (χ2n) is 16.3. The number of cyclic esters (lactones) is 1. The van der Waals surface area contributed by atoms with Gasteiger partial charge >= 0.3 is 18.1 Å². The maximum atomic E-state index is 15.3. The number of aryl methyl sites for hydroxylation is 1. The van der Waals surface area contributed by atoms with Crippen LogP contribution in [-0.4, -0.2) is 70.2 Å². The highest BCUT2D eigenvalue weighted by Gasteiger charge is 2.46. The molecule has 0 radical (unpaired) electrons. The molecular weight excluding hydrogens is 804 g/mol. The molecule has 2 aromatic heterocycles. The van der Waals surface area contributed by atoms with E-state index in [2.05, 4.69) is 26.6 Å². The number of nitrogens with zero attached hydrogens (tertiary/aromatic N) is 2. The Labute approximate surface area is 356 Å². The first kappa shape index (κ1) is 43.7. The standard InChI is InChI=1S/C44H51FN8O9/c1-6-44(60)28-16-33-37-26(18-53(33)40(56)27(28)20-61-41(44)57)35-30(14-13-25-22(4)29(45)17-32(50-37)34(25)35)52-43(59)62-19-23-9-11-24(12-10-23)49-38(54)31(8-7-15-48-42(46)58)51-39(55)36(47-5)21(2)3/h9-12,16-17,21,30-31,36,47,60H,6-8,13-15,18-20H2,1-5H3,(H,49,54)(H,51,55)(H,52,59)(H3,46,48,58)/t30-,31-,36-,44-/m0/s1. The van der Waals surface area contributed by atoms with E-state index in [0.717, 1.165) is 5.56 Å². The Bertz CT molecular complexity index is 2540. The van der Waals surface area contributed by atoms with Crippen molar-refractivity contribution < 1.29 is 42.9 Å². The number of aliphatic hydroxyl groups is 1. The number of ether oxygens (including phenoxy) is 2. The van der Waals surface area contributed by atoms with Crippen LogP contribution in [0.5, 0.6) is 0 Å². The molecule has 0 unspecified atom stereocenters. The molecule has 4 aromatic rings. The van der Waals surface area contributed by atoms with Gasteiger partial charge < -0.3 is 51.5 Å². The molecule has 7 rings (SSSR count). The molecule has 5 amide bonds. The minimum Gasteiger partial charge on any atom is -0.458 e. The maximum absolute atomic E-state index is 15.3. The summed E-state index contributed by atoms with van der Waals surface area (Å²) in [6, 6.07) is 6.87. The van der Waals surface area contributed by atoms with Crippen LogP contribution >= 0.6 is 0 Å². The van der Waals surface area contributed by atoms with E-state index in [4.69, 9.17) is 20.2 Å². The second kappa shape index (κ2) is 17.5. The van der Waals surface area contributed by atoms with Crippen molar-refractivity contribution in [1.29, 1.82) is 0 Å². The Balaban J connectivity index is 1.07. The van der Waals surface area contributed by atoms with E-state index in [1.165, 1.54) is 10.6 Å². The average Bonchev–Trinajstić information content (AvgIpc) is 3.61. The molecule has 1 aliphatic carbocycles. The first-order valence-electron chi connectivity index (χ1n) is 20.7. The molecule has 62 heavy (non-hydrogen) atoms. The zero-order valence-corrected chi connectivity index (χ0v) is 35.2. The van der Waals surface area contributed by atoms with Gasteiger partial charge in [0.1, 0.15) is 25.1 Å². The van der Waals surface area contributed by atoms with Gasteiger partial charge in [0.25, 0.3) is 5.56 Å². The molecule has 3 aliphatic rings. The zero-order valence-electron chi connectivity index (χ0n) is 35.2. The van der Waals surface area contributed by atoms with Gasteiger partial charge in [-0.3, -0.25) is 14.4 Å². The minimum absolute atomic E-state index is 0.0224. The van der Waals surface area contributed by atoms with E-state index < -0.39 is 59.1 Å². The van der Waals surface area contributed by atoms with Crippen molar-refractivity contribution in [2.24, 2.45) is 11.7 Å².